The number of piperidine rings is 1. The zero-order chi connectivity index (χ0) is 20.4. The largest absolute Gasteiger partial charge is 0.361 e. The second-order valence-corrected chi connectivity index (χ2v) is 8.23. The Morgan fingerprint density at radius 3 is 2.86 bits per heavy atom. The molecule has 152 valence electrons. The van der Waals surface area contributed by atoms with Crippen molar-refractivity contribution < 1.29 is 9.72 Å². The molecule has 4 rings (SSSR count). The van der Waals surface area contributed by atoms with E-state index in [1.165, 1.54) is 17.4 Å². The summed E-state index contributed by atoms with van der Waals surface area (Å²) in [6.07, 6.45) is 3.94. The minimum absolute atomic E-state index is 0.119. The predicted molar refractivity (Wildman–Crippen MR) is 114 cm³/mol. The van der Waals surface area contributed by atoms with Gasteiger partial charge in [0, 0.05) is 47.7 Å². The fourth-order valence-corrected chi connectivity index (χ4v) is 4.60. The lowest BCUT2D eigenvalue weighted by Gasteiger charge is -2.35. The molecule has 0 atom stereocenters. The first-order valence-electron chi connectivity index (χ1n) is 9.61. The van der Waals surface area contributed by atoms with Crippen LogP contribution >= 0.6 is 11.3 Å². The second-order valence-electron chi connectivity index (χ2n) is 7.51. The molecule has 1 N–H and O–H groups in total. The normalized spacial score (nSPS) is 15.6. The standard InChI is InChI=1S/C20H23N5O3S/c1-14(26)10-24(20-11-29-12-22-20)13-23-6-4-15(5-7-23)18-9-21-19-3-2-16(25(27)28)8-17(18)19/h2-3,8-9,11-12,15,21H,4-7,10,13H2,1H3. The van der Waals surface area contributed by atoms with Crippen LogP contribution in [-0.2, 0) is 4.79 Å². The smallest absolute Gasteiger partial charge is 0.270 e. The molecule has 3 heterocycles. The summed E-state index contributed by atoms with van der Waals surface area (Å²) in [6, 6.07) is 4.98. The fourth-order valence-electron chi connectivity index (χ4n) is 4.04. The minimum atomic E-state index is -0.346. The summed E-state index contributed by atoms with van der Waals surface area (Å²) in [5.74, 6) is 1.33. The van der Waals surface area contributed by atoms with Crippen LogP contribution in [0, 0.1) is 10.1 Å². The highest BCUT2D eigenvalue weighted by Gasteiger charge is 2.25. The van der Waals surface area contributed by atoms with Gasteiger partial charge in [0.2, 0.25) is 0 Å². The van der Waals surface area contributed by atoms with Crippen molar-refractivity contribution in [3.05, 3.63) is 51.0 Å². The number of thiazole rings is 1. The van der Waals surface area contributed by atoms with Gasteiger partial charge in [0.15, 0.2) is 0 Å². The third kappa shape index (κ3) is 4.30. The number of rotatable bonds is 7. The average Bonchev–Trinajstić information content (AvgIpc) is 3.37. The third-order valence-corrected chi connectivity index (χ3v) is 6.04. The Hall–Kier alpha value is -2.78. The van der Waals surface area contributed by atoms with Gasteiger partial charge in [0.1, 0.15) is 11.6 Å². The van der Waals surface area contributed by atoms with Gasteiger partial charge in [-0.3, -0.25) is 19.8 Å². The summed E-state index contributed by atoms with van der Waals surface area (Å²) in [4.78, 5) is 34.4. The number of ketones is 1. The molecule has 0 saturated carbocycles. The number of Topliss-reactive ketones (excluding diaryl/α,β-unsaturated/α-hetero) is 1. The molecule has 1 fully saturated rings. The molecule has 0 amide bonds. The number of nitrogens with zero attached hydrogens (tertiary/aromatic N) is 4. The molecule has 0 spiro atoms. The van der Waals surface area contributed by atoms with Crippen LogP contribution in [0.15, 0.2) is 35.3 Å². The first-order chi connectivity index (χ1) is 14.0. The number of H-pyrrole nitrogens is 1. The van der Waals surface area contributed by atoms with Gasteiger partial charge in [0.05, 0.1) is 23.6 Å². The van der Waals surface area contributed by atoms with Gasteiger partial charge >= 0.3 is 0 Å². The number of hydrogen-bond acceptors (Lipinski definition) is 7. The molecule has 0 unspecified atom stereocenters. The van der Waals surface area contributed by atoms with Gasteiger partial charge in [-0.25, -0.2) is 4.98 Å². The Morgan fingerprint density at radius 2 is 2.21 bits per heavy atom. The first-order valence-corrected chi connectivity index (χ1v) is 10.6. The van der Waals surface area contributed by atoms with E-state index in [1.54, 1.807) is 24.6 Å². The van der Waals surface area contributed by atoms with E-state index < -0.39 is 0 Å². The maximum Gasteiger partial charge on any atom is 0.270 e. The lowest BCUT2D eigenvalue weighted by atomic mass is 9.89. The topological polar surface area (TPSA) is 95.4 Å². The van der Waals surface area contributed by atoms with Gasteiger partial charge in [-0.05, 0) is 37.3 Å². The molecule has 0 radical (unpaired) electrons. The number of carbonyl (C=O) groups excluding carboxylic acids is 1. The molecule has 0 bridgehead atoms. The average molecular weight is 414 g/mol. The van der Waals surface area contributed by atoms with Crippen LogP contribution in [0.2, 0.25) is 0 Å². The van der Waals surface area contributed by atoms with Crippen LogP contribution in [0.4, 0.5) is 11.5 Å². The van der Waals surface area contributed by atoms with Crippen molar-refractivity contribution in [2.24, 2.45) is 0 Å². The van der Waals surface area contributed by atoms with Crippen LogP contribution in [-0.4, -0.2) is 51.9 Å². The molecule has 3 aromatic rings. The Bertz CT molecular complexity index is 1010. The molecular formula is C20H23N5O3S. The van der Waals surface area contributed by atoms with Gasteiger partial charge in [-0.2, -0.15) is 0 Å². The summed E-state index contributed by atoms with van der Waals surface area (Å²) < 4.78 is 0. The quantitative estimate of drug-likeness (QED) is 0.468. The molecular weight excluding hydrogens is 390 g/mol. The van der Waals surface area contributed by atoms with Gasteiger partial charge < -0.3 is 9.88 Å². The van der Waals surface area contributed by atoms with Crippen LogP contribution in [0.5, 0.6) is 0 Å². The number of benzene rings is 1. The molecule has 29 heavy (non-hydrogen) atoms. The van der Waals surface area contributed by atoms with E-state index in [0.717, 1.165) is 48.2 Å². The van der Waals surface area contributed by atoms with E-state index in [2.05, 4.69) is 14.9 Å². The molecule has 2 aromatic heterocycles. The van der Waals surface area contributed by atoms with Crippen LogP contribution in [0.3, 0.4) is 0 Å². The van der Waals surface area contributed by atoms with Crippen molar-refractivity contribution in [2.75, 3.05) is 31.2 Å². The Kier molecular flexibility index (Phi) is 5.59. The van der Waals surface area contributed by atoms with Gasteiger partial charge in [-0.1, -0.05) is 0 Å². The number of likely N-dealkylation sites (tertiary alicyclic amines) is 1. The zero-order valence-corrected chi connectivity index (χ0v) is 17.0. The second kappa shape index (κ2) is 8.30. The highest BCUT2D eigenvalue weighted by molar-refractivity contribution is 7.07. The van der Waals surface area contributed by atoms with Crippen molar-refractivity contribution in [3.8, 4) is 0 Å². The number of non-ortho nitro benzene ring substituents is 1. The molecule has 1 aliphatic rings. The number of nitro groups is 1. The van der Waals surface area contributed by atoms with Crippen molar-refractivity contribution >= 4 is 39.5 Å². The molecule has 1 aromatic carbocycles. The molecule has 0 aliphatic carbocycles. The van der Waals surface area contributed by atoms with Crippen molar-refractivity contribution in [3.63, 3.8) is 0 Å². The first kappa shape index (κ1) is 19.5. The molecule has 1 aliphatic heterocycles. The van der Waals surface area contributed by atoms with E-state index in [0.29, 0.717) is 19.1 Å². The third-order valence-electron chi connectivity index (χ3n) is 5.46. The van der Waals surface area contributed by atoms with E-state index in [-0.39, 0.29) is 16.4 Å². The number of fused-ring (bicyclic) bond motifs is 1. The lowest BCUT2D eigenvalue weighted by Crippen LogP contribution is -2.43. The number of anilines is 1. The van der Waals surface area contributed by atoms with Gasteiger partial charge in [0.25, 0.3) is 5.69 Å². The minimum Gasteiger partial charge on any atom is -0.361 e. The maximum absolute atomic E-state index is 11.7. The van der Waals surface area contributed by atoms with Gasteiger partial charge in [-0.15, -0.1) is 11.3 Å². The summed E-state index contributed by atoms with van der Waals surface area (Å²) >= 11 is 1.53. The number of hydrogen-bond donors (Lipinski definition) is 1. The Morgan fingerprint density at radius 1 is 1.41 bits per heavy atom. The van der Waals surface area contributed by atoms with E-state index in [4.69, 9.17) is 0 Å². The monoisotopic (exact) mass is 413 g/mol. The number of carbonyl (C=O) groups is 1. The van der Waals surface area contributed by atoms with Crippen LogP contribution < -0.4 is 4.90 Å². The van der Waals surface area contributed by atoms with Crippen molar-refractivity contribution in [1.29, 1.82) is 0 Å². The van der Waals surface area contributed by atoms with E-state index in [9.17, 15) is 14.9 Å². The van der Waals surface area contributed by atoms with E-state index in [1.807, 2.05) is 16.5 Å². The number of nitrogens with one attached hydrogen (secondary N) is 1. The van der Waals surface area contributed by atoms with Crippen molar-refractivity contribution in [2.45, 2.75) is 25.7 Å². The SMILES string of the molecule is CC(=O)CN(CN1CCC(c2c[nH]c3ccc([N+](=O)[O-])cc23)CC1)c1cscn1. The summed E-state index contributed by atoms with van der Waals surface area (Å²) in [7, 11) is 0. The zero-order valence-electron chi connectivity index (χ0n) is 16.2. The van der Waals surface area contributed by atoms with Crippen LogP contribution in [0.1, 0.15) is 31.2 Å². The Balaban J connectivity index is 1.44. The highest BCUT2D eigenvalue weighted by Crippen LogP contribution is 2.34. The molecule has 9 heteroatoms. The molecule has 8 nitrogen and oxygen atoms in total. The number of aromatic nitrogens is 2. The maximum atomic E-state index is 11.7. The number of nitro benzene ring substituents is 1. The Labute approximate surface area is 172 Å². The molecule has 1 saturated heterocycles. The predicted octanol–water partition coefficient (Wildman–Crippen LogP) is 3.77. The summed E-state index contributed by atoms with van der Waals surface area (Å²) in [6.45, 7) is 4.45. The summed E-state index contributed by atoms with van der Waals surface area (Å²) in [5.41, 5.74) is 4.00. The highest BCUT2D eigenvalue weighted by atomic mass is 32.1. The number of aromatic amines is 1. The van der Waals surface area contributed by atoms with Crippen molar-refractivity contribution in [1.82, 2.24) is 14.9 Å². The fraction of sp³-hybridized carbons (Fsp3) is 0.400. The van der Waals surface area contributed by atoms with Crippen LogP contribution in [0.25, 0.3) is 10.9 Å². The lowest BCUT2D eigenvalue weighted by molar-refractivity contribution is -0.384. The summed E-state index contributed by atoms with van der Waals surface area (Å²) in [5, 5.41) is 14.0. The van der Waals surface area contributed by atoms with E-state index >= 15 is 0 Å².